The number of amides is 1. The Morgan fingerprint density at radius 2 is 1.36 bits per heavy atom. The number of methoxy groups -OCH3 is 3. The average molecular weight is 590 g/mol. The van der Waals surface area contributed by atoms with E-state index in [4.69, 9.17) is 14.2 Å². The van der Waals surface area contributed by atoms with Gasteiger partial charge in [-0.15, -0.1) is 0 Å². The average Bonchev–Trinajstić information content (AvgIpc) is 3.45. The van der Waals surface area contributed by atoms with Gasteiger partial charge in [0, 0.05) is 73.9 Å². The zero-order chi connectivity index (χ0) is 30.5. The molecular formula is C37H39N3O4. The molecule has 1 amide bonds. The molecule has 0 radical (unpaired) electrons. The molecule has 1 unspecified atom stereocenters. The molecule has 1 aliphatic rings. The number of hydrogen-bond donors (Lipinski definition) is 0. The van der Waals surface area contributed by atoms with Crippen molar-refractivity contribution in [3.05, 3.63) is 120 Å². The maximum absolute atomic E-state index is 14.0. The standard InChI is InChI=1S/C37H39N3O4/c1-42-30-15-13-29(14-16-30)38-17-19-39(20-18-38)37(41)24-34(28-21-31(43-2)23-32(22-28)44-3)35-26-40(25-27-9-5-4-6-10-27)36-12-8-7-11-33(35)36/h4-16,21-23,26,34H,17-20,24-25H2,1-3H3. The zero-order valence-corrected chi connectivity index (χ0v) is 25.6. The Hall–Kier alpha value is -4.91. The topological polar surface area (TPSA) is 56.2 Å². The molecule has 6 rings (SSSR count). The Bertz CT molecular complexity index is 1680. The van der Waals surface area contributed by atoms with Crippen LogP contribution in [0.2, 0.25) is 0 Å². The number of hydrogen-bond acceptors (Lipinski definition) is 5. The summed E-state index contributed by atoms with van der Waals surface area (Å²) >= 11 is 0. The third-order valence-corrected chi connectivity index (χ3v) is 8.62. The third-order valence-electron chi connectivity index (χ3n) is 8.62. The molecule has 1 saturated heterocycles. The summed E-state index contributed by atoms with van der Waals surface area (Å²) in [6, 6.07) is 33.0. The lowest BCUT2D eigenvalue weighted by atomic mass is 9.87. The number of nitrogens with zero attached hydrogens (tertiary/aromatic N) is 3. The van der Waals surface area contributed by atoms with Crippen molar-refractivity contribution in [2.75, 3.05) is 52.4 Å². The maximum Gasteiger partial charge on any atom is 0.223 e. The van der Waals surface area contributed by atoms with Crippen molar-refractivity contribution < 1.29 is 19.0 Å². The minimum absolute atomic E-state index is 0.144. The second kappa shape index (κ2) is 13.2. The van der Waals surface area contributed by atoms with Crippen molar-refractivity contribution in [1.82, 2.24) is 9.47 Å². The molecule has 7 nitrogen and oxygen atoms in total. The van der Waals surface area contributed by atoms with Gasteiger partial charge in [-0.1, -0.05) is 48.5 Å². The molecule has 1 fully saturated rings. The highest BCUT2D eigenvalue weighted by Gasteiger charge is 2.28. The SMILES string of the molecule is COc1ccc(N2CCN(C(=O)CC(c3cc(OC)cc(OC)c3)c3cn(Cc4ccccc4)c4ccccc34)CC2)cc1. The monoisotopic (exact) mass is 589 g/mol. The van der Waals surface area contributed by atoms with Gasteiger partial charge in [0.15, 0.2) is 0 Å². The fourth-order valence-corrected chi connectivity index (χ4v) is 6.21. The van der Waals surface area contributed by atoms with Gasteiger partial charge < -0.3 is 28.6 Å². The van der Waals surface area contributed by atoms with Crippen molar-refractivity contribution in [1.29, 1.82) is 0 Å². The summed E-state index contributed by atoms with van der Waals surface area (Å²) in [6.07, 6.45) is 2.57. The number of ether oxygens (including phenoxy) is 3. The van der Waals surface area contributed by atoms with Crippen molar-refractivity contribution in [2.45, 2.75) is 18.9 Å². The molecular weight excluding hydrogens is 550 g/mol. The Morgan fingerprint density at radius 1 is 0.727 bits per heavy atom. The third kappa shape index (κ3) is 6.23. The molecule has 1 aromatic heterocycles. The molecule has 5 aromatic rings. The first-order chi connectivity index (χ1) is 21.6. The van der Waals surface area contributed by atoms with Crippen LogP contribution in [0.4, 0.5) is 5.69 Å². The number of anilines is 1. The molecule has 1 atom stereocenters. The number of rotatable bonds is 10. The molecule has 2 heterocycles. The fraction of sp³-hybridized carbons (Fsp3) is 0.270. The summed E-state index contributed by atoms with van der Waals surface area (Å²) < 4.78 is 18.9. The number of carbonyl (C=O) groups excluding carboxylic acids is 1. The number of aromatic nitrogens is 1. The van der Waals surface area contributed by atoms with Gasteiger partial charge in [0.05, 0.1) is 21.3 Å². The first kappa shape index (κ1) is 29.2. The van der Waals surface area contributed by atoms with Gasteiger partial charge in [0.25, 0.3) is 0 Å². The minimum atomic E-state index is -0.187. The van der Waals surface area contributed by atoms with Crippen LogP contribution in [-0.2, 0) is 11.3 Å². The van der Waals surface area contributed by atoms with Crippen LogP contribution in [0.3, 0.4) is 0 Å². The predicted molar refractivity (Wildman–Crippen MR) is 175 cm³/mol. The molecule has 1 aliphatic heterocycles. The zero-order valence-electron chi connectivity index (χ0n) is 25.6. The van der Waals surface area contributed by atoms with Crippen molar-refractivity contribution in [2.24, 2.45) is 0 Å². The first-order valence-corrected chi connectivity index (χ1v) is 15.1. The summed E-state index contributed by atoms with van der Waals surface area (Å²) in [4.78, 5) is 18.4. The number of piperazine rings is 1. The second-order valence-electron chi connectivity index (χ2n) is 11.2. The molecule has 0 bridgehead atoms. The van der Waals surface area contributed by atoms with E-state index in [-0.39, 0.29) is 11.8 Å². The second-order valence-corrected chi connectivity index (χ2v) is 11.2. The summed E-state index contributed by atoms with van der Waals surface area (Å²) in [5, 5.41) is 1.15. The van der Waals surface area contributed by atoms with Crippen molar-refractivity contribution in [3.8, 4) is 17.2 Å². The highest BCUT2D eigenvalue weighted by atomic mass is 16.5. The lowest BCUT2D eigenvalue weighted by Crippen LogP contribution is -2.49. The maximum atomic E-state index is 14.0. The molecule has 44 heavy (non-hydrogen) atoms. The Balaban J connectivity index is 1.31. The van der Waals surface area contributed by atoms with Crippen molar-refractivity contribution in [3.63, 3.8) is 0 Å². The van der Waals surface area contributed by atoms with E-state index in [1.807, 2.05) is 41.3 Å². The smallest absolute Gasteiger partial charge is 0.223 e. The molecule has 226 valence electrons. The lowest BCUT2D eigenvalue weighted by Gasteiger charge is -2.36. The van der Waals surface area contributed by atoms with Crippen LogP contribution in [0.25, 0.3) is 10.9 Å². The van der Waals surface area contributed by atoms with Crippen LogP contribution in [0.1, 0.15) is 29.0 Å². The normalized spacial score (nSPS) is 14.0. The minimum Gasteiger partial charge on any atom is -0.497 e. The van der Waals surface area contributed by atoms with Crippen LogP contribution >= 0.6 is 0 Å². The van der Waals surface area contributed by atoms with Gasteiger partial charge >= 0.3 is 0 Å². The summed E-state index contributed by atoms with van der Waals surface area (Å²) in [5.41, 5.74) is 5.63. The van der Waals surface area contributed by atoms with E-state index in [0.29, 0.717) is 31.0 Å². The van der Waals surface area contributed by atoms with Gasteiger partial charge in [0.1, 0.15) is 17.2 Å². The number of benzene rings is 4. The van der Waals surface area contributed by atoms with Crippen LogP contribution in [-0.4, -0.2) is 62.9 Å². The molecule has 0 N–H and O–H groups in total. The van der Waals surface area contributed by atoms with E-state index >= 15 is 0 Å². The first-order valence-electron chi connectivity index (χ1n) is 15.1. The summed E-state index contributed by atoms with van der Waals surface area (Å²) in [7, 11) is 4.99. The Kier molecular flexibility index (Phi) is 8.73. The highest BCUT2D eigenvalue weighted by molar-refractivity contribution is 5.87. The largest absolute Gasteiger partial charge is 0.497 e. The fourth-order valence-electron chi connectivity index (χ4n) is 6.21. The number of para-hydroxylation sites is 1. The predicted octanol–water partition coefficient (Wildman–Crippen LogP) is 6.59. The van der Waals surface area contributed by atoms with E-state index < -0.39 is 0 Å². The molecule has 0 saturated carbocycles. The lowest BCUT2D eigenvalue weighted by molar-refractivity contribution is -0.131. The van der Waals surface area contributed by atoms with Crippen LogP contribution in [0.5, 0.6) is 17.2 Å². The Labute approximate surface area is 259 Å². The van der Waals surface area contributed by atoms with Crippen LogP contribution in [0.15, 0.2) is 103 Å². The van der Waals surface area contributed by atoms with E-state index in [2.05, 4.69) is 76.3 Å². The Morgan fingerprint density at radius 3 is 2.02 bits per heavy atom. The van der Waals surface area contributed by atoms with E-state index in [1.54, 1.807) is 21.3 Å². The van der Waals surface area contributed by atoms with Crippen LogP contribution in [0, 0.1) is 0 Å². The van der Waals surface area contributed by atoms with Gasteiger partial charge in [0.2, 0.25) is 5.91 Å². The number of fused-ring (bicyclic) bond motifs is 1. The molecule has 4 aromatic carbocycles. The summed E-state index contributed by atoms with van der Waals surface area (Å²) in [6.45, 7) is 3.67. The summed E-state index contributed by atoms with van der Waals surface area (Å²) in [5.74, 6) is 2.21. The molecule has 0 spiro atoms. The highest BCUT2D eigenvalue weighted by Crippen LogP contribution is 2.38. The molecule has 7 heteroatoms. The van der Waals surface area contributed by atoms with Crippen LogP contribution < -0.4 is 19.1 Å². The quantitative estimate of drug-likeness (QED) is 0.184. The number of carbonyl (C=O) groups is 1. The van der Waals surface area contributed by atoms with Gasteiger partial charge in [-0.3, -0.25) is 4.79 Å². The van der Waals surface area contributed by atoms with E-state index in [9.17, 15) is 4.79 Å². The molecule has 0 aliphatic carbocycles. The van der Waals surface area contributed by atoms with Gasteiger partial charge in [-0.05, 0) is 59.2 Å². The van der Waals surface area contributed by atoms with E-state index in [1.165, 1.54) is 5.56 Å². The van der Waals surface area contributed by atoms with Crippen molar-refractivity contribution >= 4 is 22.5 Å². The van der Waals surface area contributed by atoms with E-state index in [0.717, 1.165) is 53.1 Å². The van der Waals surface area contributed by atoms with Gasteiger partial charge in [-0.2, -0.15) is 0 Å². The van der Waals surface area contributed by atoms with Gasteiger partial charge in [-0.25, -0.2) is 0 Å².